The number of likely N-dealkylation sites (N-methyl/N-ethyl adjacent to an activating group) is 1. The van der Waals surface area contributed by atoms with Gasteiger partial charge in [-0.05, 0) is 37.3 Å². The average molecular weight is 217 g/mol. The molecule has 1 aliphatic carbocycles. The first-order valence-electron chi connectivity index (χ1n) is 6.46. The van der Waals surface area contributed by atoms with E-state index in [1.165, 1.54) is 18.4 Å². The highest BCUT2D eigenvalue weighted by Crippen LogP contribution is 2.45. The maximum absolute atomic E-state index is 3.52. The van der Waals surface area contributed by atoms with E-state index in [2.05, 4.69) is 56.5 Å². The van der Waals surface area contributed by atoms with Gasteiger partial charge in [0.15, 0.2) is 0 Å². The second-order valence-electron chi connectivity index (χ2n) is 5.33. The zero-order valence-electron chi connectivity index (χ0n) is 10.6. The lowest BCUT2D eigenvalue weighted by molar-refractivity contribution is 0.338. The first-order chi connectivity index (χ1) is 7.74. The maximum Gasteiger partial charge on any atom is 0.0158 e. The standard InChI is InChI=1S/C15H23N/c1-11(2)15(16-3)14(13-9-10-13)12-7-5-4-6-8-12/h4-8,11,13-16H,9-10H2,1-3H3. The van der Waals surface area contributed by atoms with E-state index in [4.69, 9.17) is 0 Å². The molecule has 1 N–H and O–H groups in total. The molecule has 0 amide bonds. The average Bonchev–Trinajstić information content (AvgIpc) is 3.10. The number of hydrogen-bond donors (Lipinski definition) is 1. The smallest absolute Gasteiger partial charge is 0.0158 e. The van der Waals surface area contributed by atoms with Gasteiger partial charge in [-0.2, -0.15) is 0 Å². The highest BCUT2D eigenvalue weighted by Gasteiger charge is 2.37. The lowest BCUT2D eigenvalue weighted by atomic mass is 9.82. The van der Waals surface area contributed by atoms with Crippen molar-refractivity contribution in [3.63, 3.8) is 0 Å². The molecule has 0 radical (unpaired) electrons. The lowest BCUT2D eigenvalue weighted by Crippen LogP contribution is -2.37. The van der Waals surface area contributed by atoms with Crippen LogP contribution < -0.4 is 5.32 Å². The molecule has 0 spiro atoms. The molecule has 1 saturated carbocycles. The van der Waals surface area contributed by atoms with Crippen LogP contribution in [-0.2, 0) is 0 Å². The van der Waals surface area contributed by atoms with E-state index >= 15 is 0 Å². The molecule has 1 aromatic carbocycles. The Balaban J connectivity index is 2.23. The van der Waals surface area contributed by atoms with Crippen LogP contribution in [0.15, 0.2) is 30.3 Å². The van der Waals surface area contributed by atoms with Crippen molar-refractivity contribution in [2.75, 3.05) is 7.05 Å². The Morgan fingerprint density at radius 2 is 1.75 bits per heavy atom. The number of hydrogen-bond acceptors (Lipinski definition) is 1. The van der Waals surface area contributed by atoms with Crippen molar-refractivity contribution in [2.45, 2.75) is 38.6 Å². The summed E-state index contributed by atoms with van der Waals surface area (Å²) in [5.74, 6) is 2.30. The van der Waals surface area contributed by atoms with Gasteiger partial charge in [-0.3, -0.25) is 0 Å². The van der Waals surface area contributed by atoms with E-state index in [9.17, 15) is 0 Å². The Hall–Kier alpha value is -0.820. The van der Waals surface area contributed by atoms with Gasteiger partial charge in [-0.25, -0.2) is 0 Å². The van der Waals surface area contributed by atoms with Gasteiger partial charge in [0.2, 0.25) is 0 Å². The summed E-state index contributed by atoms with van der Waals surface area (Å²) < 4.78 is 0. The van der Waals surface area contributed by atoms with Crippen LogP contribution in [0.2, 0.25) is 0 Å². The molecular formula is C15H23N. The van der Waals surface area contributed by atoms with Gasteiger partial charge in [-0.15, -0.1) is 0 Å². The van der Waals surface area contributed by atoms with Crippen LogP contribution in [0.4, 0.5) is 0 Å². The minimum atomic E-state index is 0.606. The fourth-order valence-electron chi connectivity index (χ4n) is 2.83. The summed E-state index contributed by atoms with van der Waals surface area (Å²) in [6, 6.07) is 11.6. The summed E-state index contributed by atoms with van der Waals surface area (Å²) in [4.78, 5) is 0. The molecule has 1 fully saturated rings. The van der Waals surface area contributed by atoms with Crippen LogP contribution in [0.1, 0.15) is 38.2 Å². The number of benzene rings is 1. The minimum Gasteiger partial charge on any atom is -0.316 e. The molecule has 2 atom stereocenters. The predicted octanol–water partition coefficient (Wildman–Crippen LogP) is 3.42. The molecule has 2 unspecified atom stereocenters. The van der Waals surface area contributed by atoms with Gasteiger partial charge in [0.05, 0.1) is 0 Å². The Kier molecular flexibility index (Phi) is 3.65. The third-order valence-corrected chi connectivity index (χ3v) is 3.75. The van der Waals surface area contributed by atoms with E-state index in [0.717, 1.165) is 5.92 Å². The molecule has 0 aromatic heterocycles. The van der Waals surface area contributed by atoms with Crippen molar-refractivity contribution < 1.29 is 0 Å². The Bertz CT molecular complexity index is 313. The van der Waals surface area contributed by atoms with E-state index in [1.54, 1.807) is 0 Å². The van der Waals surface area contributed by atoms with Gasteiger partial charge in [-0.1, -0.05) is 44.2 Å². The molecule has 0 heterocycles. The molecule has 1 aromatic rings. The highest BCUT2D eigenvalue weighted by atomic mass is 14.9. The van der Waals surface area contributed by atoms with Crippen LogP contribution >= 0.6 is 0 Å². The molecule has 16 heavy (non-hydrogen) atoms. The molecular weight excluding hydrogens is 194 g/mol. The van der Waals surface area contributed by atoms with Crippen LogP contribution in [0.5, 0.6) is 0 Å². The summed E-state index contributed by atoms with van der Waals surface area (Å²) in [6.07, 6.45) is 2.81. The predicted molar refractivity (Wildman–Crippen MR) is 69.6 cm³/mol. The summed E-state index contributed by atoms with van der Waals surface area (Å²) >= 11 is 0. The van der Waals surface area contributed by atoms with E-state index in [-0.39, 0.29) is 0 Å². The summed E-state index contributed by atoms with van der Waals surface area (Å²) in [5.41, 5.74) is 1.51. The second kappa shape index (κ2) is 5.01. The summed E-state index contributed by atoms with van der Waals surface area (Å²) in [7, 11) is 2.10. The van der Waals surface area contributed by atoms with Crippen molar-refractivity contribution in [3.05, 3.63) is 35.9 Å². The van der Waals surface area contributed by atoms with Crippen molar-refractivity contribution >= 4 is 0 Å². The van der Waals surface area contributed by atoms with Crippen LogP contribution in [0.25, 0.3) is 0 Å². The molecule has 2 rings (SSSR count). The van der Waals surface area contributed by atoms with Gasteiger partial charge < -0.3 is 5.32 Å². The van der Waals surface area contributed by atoms with Crippen LogP contribution in [0, 0.1) is 11.8 Å². The second-order valence-corrected chi connectivity index (χ2v) is 5.33. The largest absolute Gasteiger partial charge is 0.316 e. The van der Waals surface area contributed by atoms with Crippen molar-refractivity contribution in [2.24, 2.45) is 11.8 Å². The number of rotatable bonds is 5. The molecule has 88 valence electrons. The first kappa shape index (κ1) is 11.7. The van der Waals surface area contributed by atoms with Crippen molar-refractivity contribution in [3.8, 4) is 0 Å². The van der Waals surface area contributed by atoms with Crippen molar-refractivity contribution in [1.82, 2.24) is 5.32 Å². The molecule has 1 aliphatic rings. The van der Waals surface area contributed by atoms with E-state index in [1.807, 2.05) is 0 Å². The first-order valence-corrected chi connectivity index (χ1v) is 6.46. The highest BCUT2D eigenvalue weighted by molar-refractivity contribution is 5.24. The normalized spacial score (nSPS) is 19.8. The van der Waals surface area contributed by atoms with Gasteiger partial charge in [0, 0.05) is 12.0 Å². The Morgan fingerprint density at radius 1 is 1.12 bits per heavy atom. The molecule has 1 heteroatoms. The third-order valence-electron chi connectivity index (χ3n) is 3.75. The summed E-state index contributed by atoms with van der Waals surface area (Å²) in [6.45, 7) is 4.64. The fraction of sp³-hybridized carbons (Fsp3) is 0.600. The van der Waals surface area contributed by atoms with Gasteiger partial charge >= 0.3 is 0 Å². The quantitative estimate of drug-likeness (QED) is 0.797. The third kappa shape index (κ3) is 2.46. The fourth-order valence-corrected chi connectivity index (χ4v) is 2.83. The SMILES string of the molecule is CNC(C(C)C)C(c1ccccc1)C1CC1. The lowest BCUT2D eigenvalue weighted by Gasteiger charge is -2.30. The minimum absolute atomic E-state index is 0.606. The molecule has 0 aliphatic heterocycles. The van der Waals surface area contributed by atoms with Crippen LogP contribution in [0.3, 0.4) is 0 Å². The van der Waals surface area contributed by atoms with Gasteiger partial charge in [0.1, 0.15) is 0 Å². The zero-order valence-corrected chi connectivity index (χ0v) is 10.6. The maximum atomic E-state index is 3.52. The van der Waals surface area contributed by atoms with Gasteiger partial charge in [0.25, 0.3) is 0 Å². The van der Waals surface area contributed by atoms with Crippen LogP contribution in [-0.4, -0.2) is 13.1 Å². The molecule has 0 bridgehead atoms. The topological polar surface area (TPSA) is 12.0 Å². The summed E-state index contributed by atoms with van der Waals surface area (Å²) in [5, 5.41) is 3.52. The van der Waals surface area contributed by atoms with E-state index in [0.29, 0.717) is 17.9 Å². The van der Waals surface area contributed by atoms with E-state index < -0.39 is 0 Å². The zero-order chi connectivity index (χ0) is 11.5. The Morgan fingerprint density at radius 3 is 2.19 bits per heavy atom. The monoisotopic (exact) mass is 217 g/mol. The van der Waals surface area contributed by atoms with Crippen molar-refractivity contribution in [1.29, 1.82) is 0 Å². The molecule has 1 nitrogen and oxygen atoms in total. The Labute approximate surface area is 99.3 Å². The molecule has 0 saturated heterocycles. The number of nitrogens with one attached hydrogen (secondary N) is 1.